The molecule has 3 N–H and O–H groups in total. The minimum Gasteiger partial charge on any atom is -0.507 e. The highest BCUT2D eigenvalue weighted by molar-refractivity contribution is 6.23. The van der Waals surface area contributed by atoms with Crippen molar-refractivity contribution in [3.63, 3.8) is 0 Å². The molecule has 0 spiro atoms. The third-order valence-electron chi connectivity index (χ3n) is 12.8. The summed E-state index contributed by atoms with van der Waals surface area (Å²) >= 11 is 0. The van der Waals surface area contributed by atoms with E-state index < -0.39 is 23.8 Å². The molecular formula is C40H47N9O5. The molecule has 6 aliphatic heterocycles. The SMILES string of the molecule is CN(C1CCN(CC2CCN(c3ccc4c(c3)C(=O)N(C3CCC(=O)NC3=O)C4=O)CC2)CC1)C1C[C@@H]2CNc3nnc(-c4ccccc4O)cc3N2C1. The summed E-state index contributed by atoms with van der Waals surface area (Å²) in [5.74, 6) is -0.275. The van der Waals surface area contributed by atoms with Crippen molar-refractivity contribution in [2.75, 3.05) is 68.0 Å². The van der Waals surface area contributed by atoms with Gasteiger partial charge in [-0.3, -0.25) is 34.3 Å². The largest absolute Gasteiger partial charge is 0.507 e. The van der Waals surface area contributed by atoms with Crippen molar-refractivity contribution in [2.45, 2.75) is 69.1 Å². The summed E-state index contributed by atoms with van der Waals surface area (Å²) < 4.78 is 0. The molecule has 2 unspecified atom stereocenters. The summed E-state index contributed by atoms with van der Waals surface area (Å²) in [5.41, 5.74) is 4.01. The van der Waals surface area contributed by atoms with Crippen LogP contribution in [0.1, 0.15) is 65.7 Å². The molecule has 54 heavy (non-hydrogen) atoms. The minimum atomic E-state index is -0.956. The summed E-state index contributed by atoms with van der Waals surface area (Å²) in [7, 11) is 2.31. The Kier molecular flexibility index (Phi) is 8.97. The summed E-state index contributed by atoms with van der Waals surface area (Å²) in [6.45, 7) is 6.88. The Morgan fingerprint density at radius 2 is 1.63 bits per heavy atom. The number of benzene rings is 2. The van der Waals surface area contributed by atoms with Crippen LogP contribution < -0.4 is 20.4 Å². The molecule has 1 aromatic heterocycles. The van der Waals surface area contributed by atoms with Crippen LogP contribution in [0.3, 0.4) is 0 Å². The van der Waals surface area contributed by atoms with Crippen LogP contribution in [0, 0.1) is 5.92 Å². The number of imide groups is 2. The fourth-order valence-corrected chi connectivity index (χ4v) is 9.64. The lowest BCUT2D eigenvalue weighted by Crippen LogP contribution is -2.54. The van der Waals surface area contributed by atoms with Crippen LogP contribution in [-0.4, -0.2) is 131 Å². The maximum absolute atomic E-state index is 13.3. The average molecular weight is 734 g/mol. The van der Waals surface area contributed by atoms with Gasteiger partial charge in [0.05, 0.1) is 22.5 Å². The van der Waals surface area contributed by atoms with Gasteiger partial charge in [0.15, 0.2) is 5.82 Å². The first-order valence-electron chi connectivity index (χ1n) is 19.4. The van der Waals surface area contributed by atoms with Crippen molar-refractivity contribution in [1.29, 1.82) is 0 Å². The number of carbonyl (C=O) groups is 4. The van der Waals surface area contributed by atoms with E-state index in [0.717, 1.165) is 100 Å². The topological polar surface area (TPSA) is 155 Å². The molecule has 4 amide bonds. The van der Waals surface area contributed by atoms with Crippen LogP contribution in [0.4, 0.5) is 17.2 Å². The number of hydrogen-bond donors (Lipinski definition) is 3. The summed E-state index contributed by atoms with van der Waals surface area (Å²) in [4.78, 5) is 61.6. The number of fused-ring (bicyclic) bond motifs is 4. The fourth-order valence-electron chi connectivity index (χ4n) is 9.64. The van der Waals surface area contributed by atoms with Gasteiger partial charge >= 0.3 is 0 Å². The number of aromatic nitrogens is 2. The number of rotatable bonds is 7. The van der Waals surface area contributed by atoms with Gasteiger partial charge in [0, 0.05) is 68.5 Å². The van der Waals surface area contributed by atoms with Gasteiger partial charge in [-0.15, -0.1) is 10.2 Å². The van der Waals surface area contributed by atoms with Gasteiger partial charge in [0.25, 0.3) is 11.8 Å². The number of carbonyl (C=O) groups excluding carboxylic acids is 4. The Hall–Kier alpha value is -5.08. The molecule has 3 aromatic rings. The van der Waals surface area contributed by atoms with Crippen LogP contribution in [0.5, 0.6) is 5.75 Å². The molecule has 9 rings (SSSR count). The van der Waals surface area contributed by atoms with Gasteiger partial charge in [-0.05, 0) is 101 Å². The second-order valence-corrected chi connectivity index (χ2v) is 15.9. The normalized spacial score (nSPS) is 25.1. The van der Waals surface area contributed by atoms with Crippen LogP contribution in [0.15, 0.2) is 48.5 Å². The Bertz CT molecular complexity index is 1990. The number of nitrogens with one attached hydrogen (secondary N) is 2. The number of likely N-dealkylation sites (N-methyl/N-ethyl adjacent to an activating group) is 1. The van der Waals surface area contributed by atoms with Gasteiger partial charge in [-0.2, -0.15) is 0 Å². The zero-order valence-corrected chi connectivity index (χ0v) is 30.6. The third kappa shape index (κ3) is 6.24. The quantitative estimate of drug-likeness (QED) is 0.306. The maximum atomic E-state index is 13.3. The van der Waals surface area contributed by atoms with Gasteiger partial charge in [-0.25, -0.2) is 0 Å². The van der Waals surface area contributed by atoms with Crippen molar-refractivity contribution in [3.05, 3.63) is 59.7 Å². The lowest BCUT2D eigenvalue weighted by Gasteiger charge is -2.41. The molecule has 0 radical (unpaired) electrons. The van der Waals surface area contributed by atoms with Crippen molar-refractivity contribution in [3.8, 4) is 17.0 Å². The second-order valence-electron chi connectivity index (χ2n) is 15.9. The van der Waals surface area contributed by atoms with E-state index in [1.807, 2.05) is 24.3 Å². The number of aromatic hydroxyl groups is 1. The predicted molar refractivity (Wildman–Crippen MR) is 202 cm³/mol. The maximum Gasteiger partial charge on any atom is 0.262 e. The molecule has 0 aliphatic carbocycles. The number of nitrogens with zero attached hydrogens (tertiary/aromatic N) is 7. The Labute approximate surface area is 314 Å². The highest BCUT2D eigenvalue weighted by Crippen LogP contribution is 2.40. The van der Waals surface area contributed by atoms with E-state index >= 15 is 0 Å². The molecule has 14 nitrogen and oxygen atoms in total. The van der Waals surface area contributed by atoms with E-state index in [4.69, 9.17) is 0 Å². The van der Waals surface area contributed by atoms with Gasteiger partial charge < -0.3 is 25.1 Å². The predicted octanol–water partition coefficient (Wildman–Crippen LogP) is 2.94. The molecule has 6 aliphatic rings. The number of piperidine rings is 3. The summed E-state index contributed by atoms with van der Waals surface area (Å²) in [6, 6.07) is 15.2. The first-order valence-corrected chi connectivity index (χ1v) is 19.4. The van der Waals surface area contributed by atoms with E-state index in [-0.39, 0.29) is 24.5 Å². The Morgan fingerprint density at radius 1 is 0.852 bits per heavy atom. The molecule has 282 valence electrons. The van der Waals surface area contributed by atoms with Gasteiger partial charge in [0.2, 0.25) is 11.8 Å². The van der Waals surface area contributed by atoms with Gasteiger partial charge in [-0.1, -0.05) is 12.1 Å². The number of anilines is 3. The van der Waals surface area contributed by atoms with Crippen LogP contribution in [-0.2, 0) is 9.59 Å². The van der Waals surface area contributed by atoms with Crippen LogP contribution in [0.25, 0.3) is 11.3 Å². The second kappa shape index (κ2) is 14.0. The van der Waals surface area contributed by atoms with E-state index in [9.17, 15) is 24.3 Å². The van der Waals surface area contributed by atoms with Crippen molar-refractivity contribution in [1.82, 2.24) is 30.2 Å². The summed E-state index contributed by atoms with van der Waals surface area (Å²) in [5, 5.41) is 25.1. The highest BCUT2D eigenvalue weighted by Gasteiger charge is 2.45. The number of phenolic OH excluding ortho intramolecular Hbond substituents is 1. The van der Waals surface area contributed by atoms with Crippen LogP contribution >= 0.6 is 0 Å². The molecule has 0 saturated carbocycles. The van der Waals surface area contributed by atoms with Crippen molar-refractivity contribution >= 4 is 40.8 Å². The van der Waals surface area contributed by atoms with E-state index in [1.165, 1.54) is 0 Å². The average Bonchev–Trinajstić information content (AvgIpc) is 3.74. The highest BCUT2D eigenvalue weighted by atomic mass is 16.3. The van der Waals surface area contributed by atoms with E-state index in [1.54, 1.807) is 18.2 Å². The van der Waals surface area contributed by atoms with E-state index in [2.05, 4.69) is 53.5 Å². The zero-order valence-electron chi connectivity index (χ0n) is 30.6. The van der Waals surface area contributed by atoms with Crippen LogP contribution in [0.2, 0.25) is 0 Å². The van der Waals surface area contributed by atoms with Crippen molar-refractivity contribution < 1.29 is 24.3 Å². The molecule has 7 heterocycles. The molecular weight excluding hydrogens is 686 g/mol. The number of phenols is 1. The van der Waals surface area contributed by atoms with E-state index in [0.29, 0.717) is 46.4 Å². The molecule has 4 saturated heterocycles. The lowest BCUT2D eigenvalue weighted by atomic mass is 9.93. The molecule has 14 heteroatoms. The standard InChI is InChI=1S/C40H47N9O5/c1-45(28-18-27-21-41-37-34(48(27)23-28)20-32(43-44-37)30-4-2-3-5-35(30)50)25-12-14-46(15-13-25)22-24-10-16-47(17-11-24)26-6-7-29-31(19-26)40(54)49(39(29)53)33-8-9-36(51)42-38(33)52/h2-7,19-20,24-25,27-28,33,50H,8-18,21-23H2,1H3,(H,41,44)(H,42,51,52)/t27-,28?,33?/m1/s1. The zero-order chi connectivity index (χ0) is 37.1. The number of amides is 4. The number of likely N-dealkylation sites (tertiary alicyclic amines) is 1. The lowest BCUT2D eigenvalue weighted by molar-refractivity contribution is -0.136. The number of para-hydroxylation sites is 1. The Morgan fingerprint density at radius 3 is 2.41 bits per heavy atom. The van der Waals surface area contributed by atoms with Gasteiger partial charge in [0.1, 0.15) is 11.8 Å². The Balaban J connectivity index is 0.758. The monoisotopic (exact) mass is 733 g/mol. The number of hydrogen-bond acceptors (Lipinski definition) is 12. The minimum absolute atomic E-state index is 0.106. The molecule has 0 bridgehead atoms. The molecule has 4 fully saturated rings. The molecule has 3 atom stereocenters. The van der Waals surface area contributed by atoms with Crippen molar-refractivity contribution in [2.24, 2.45) is 5.92 Å². The first kappa shape index (κ1) is 34.7. The molecule has 2 aromatic carbocycles. The summed E-state index contributed by atoms with van der Waals surface area (Å²) in [6.07, 6.45) is 5.81. The first-order chi connectivity index (χ1) is 26.2. The smallest absolute Gasteiger partial charge is 0.262 e. The third-order valence-corrected chi connectivity index (χ3v) is 12.8. The fraction of sp³-hybridized carbons (Fsp3) is 0.500.